The Bertz CT molecular complexity index is 1150. The van der Waals surface area contributed by atoms with Gasteiger partial charge in [0.05, 0.1) is 17.2 Å². The molecule has 2 aromatic carbocycles. The van der Waals surface area contributed by atoms with Crippen molar-refractivity contribution in [3.63, 3.8) is 0 Å². The highest BCUT2D eigenvalue weighted by atomic mass is 32.2. The second-order valence-corrected chi connectivity index (χ2v) is 7.67. The molecule has 3 N–H and O–H groups in total. The molecule has 0 spiro atoms. The molecule has 0 saturated heterocycles. The van der Waals surface area contributed by atoms with Crippen LogP contribution in [0.2, 0.25) is 0 Å². The lowest BCUT2D eigenvalue weighted by atomic mass is 9.84. The maximum Gasteiger partial charge on any atom is 0.244 e. The van der Waals surface area contributed by atoms with E-state index in [1.165, 1.54) is 11.6 Å². The molecule has 0 fully saturated rings. The number of fused-ring (bicyclic) bond motifs is 1. The molecule has 0 unspecified atom stereocenters. The zero-order valence-electron chi connectivity index (χ0n) is 15.4. The van der Waals surface area contributed by atoms with Gasteiger partial charge in [0, 0.05) is 10.6 Å². The van der Waals surface area contributed by atoms with Crippen LogP contribution in [-0.4, -0.2) is 10.2 Å². The highest BCUT2D eigenvalue weighted by molar-refractivity contribution is 7.98. The molecule has 146 valence electrons. The number of H-pyrrole nitrogens is 1. The fourth-order valence-electron chi connectivity index (χ4n) is 3.23. The lowest BCUT2D eigenvalue weighted by Gasteiger charge is -2.24. The van der Waals surface area contributed by atoms with Gasteiger partial charge in [0.1, 0.15) is 11.6 Å². The molecular weight excluding hydrogens is 394 g/mol. The van der Waals surface area contributed by atoms with Crippen molar-refractivity contribution in [2.75, 3.05) is 0 Å². The van der Waals surface area contributed by atoms with Gasteiger partial charge in [0.15, 0.2) is 11.6 Å². The largest absolute Gasteiger partial charge is 0.420 e. The monoisotopic (exact) mass is 410 g/mol. The van der Waals surface area contributed by atoms with Gasteiger partial charge in [0.2, 0.25) is 11.8 Å². The quantitative estimate of drug-likeness (QED) is 0.618. The minimum absolute atomic E-state index is 0.0982. The van der Waals surface area contributed by atoms with E-state index in [-0.39, 0.29) is 17.3 Å². The fraction of sp³-hybridized carbons (Fsp3) is 0.143. The first-order valence-electron chi connectivity index (χ1n) is 8.77. The SMILES string of the molecule is Cc1ccc(SCc2[nH]nc3c2[C@@H](c2ccc(F)c(F)c2)C(C#N)=C(N)O3)cc1. The van der Waals surface area contributed by atoms with E-state index in [4.69, 9.17) is 10.5 Å². The number of nitriles is 1. The number of ether oxygens (including phenoxy) is 1. The van der Waals surface area contributed by atoms with Crippen LogP contribution in [0.25, 0.3) is 0 Å². The molecule has 0 amide bonds. The molecular formula is C21H16F2N4OS. The summed E-state index contributed by atoms with van der Waals surface area (Å²) in [7, 11) is 0. The number of benzene rings is 2. The van der Waals surface area contributed by atoms with Crippen LogP contribution >= 0.6 is 11.8 Å². The number of nitrogens with zero attached hydrogens (tertiary/aromatic N) is 2. The number of nitrogens with one attached hydrogen (secondary N) is 1. The Morgan fingerprint density at radius 2 is 1.97 bits per heavy atom. The minimum atomic E-state index is -0.995. The summed E-state index contributed by atoms with van der Waals surface area (Å²) in [4.78, 5) is 1.07. The fourth-order valence-corrected chi connectivity index (χ4v) is 4.09. The van der Waals surface area contributed by atoms with Crippen molar-refractivity contribution >= 4 is 11.8 Å². The van der Waals surface area contributed by atoms with Crippen LogP contribution in [0.5, 0.6) is 5.88 Å². The van der Waals surface area contributed by atoms with Crippen LogP contribution in [0.3, 0.4) is 0 Å². The number of rotatable bonds is 4. The van der Waals surface area contributed by atoms with E-state index in [1.54, 1.807) is 11.8 Å². The van der Waals surface area contributed by atoms with E-state index >= 15 is 0 Å². The summed E-state index contributed by atoms with van der Waals surface area (Å²) >= 11 is 1.58. The third-order valence-corrected chi connectivity index (χ3v) is 5.74. The average Bonchev–Trinajstić information content (AvgIpc) is 3.11. The molecule has 1 aromatic heterocycles. The predicted molar refractivity (Wildman–Crippen MR) is 105 cm³/mol. The van der Waals surface area contributed by atoms with Gasteiger partial charge >= 0.3 is 0 Å². The van der Waals surface area contributed by atoms with Crippen LogP contribution in [-0.2, 0) is 5.75 Å². The molecule has 1 aliphatic heterocycles. The summed E-state index contributed by atoms with van der Waals surface area (Å²) in [6, 6.07) is 13.7. The summed E-state index contributed by atoms with van der Waals surface area (Å²) in [5.41, 5.74) is 8.91. The van der Waals surface area contributed by atoms with Gasteiger partial charge in [-0.25, -0.2) is 8.78 Å². The van der Waals surface area contributed by atoms with Crippen LogP contribution in [0.15, 0.2) is 58.8 Å². The van der Waals surface area contributed by atoms with E-state index in [0.29, 0.717) is 16.9 Å². The number of nitrogens with two attached hydrogens (primary N) is 1. The second-order valence-electron chi connectivity index (χ2n) is 6.62. The van der Waals surface area contributed by atoms with Gasteiger partial charge in [-0.1, -0.05) is 23.8 Å². The molecule has 1 atom stereocenters. The van der Waals surface area contributed by atoms with Crippen molar-refractivity contribution in [3.8, 4) is 11.9 Å². The third kappa shape index (κ3) is 3.57. The first-order chi connectivity index (χ1) is 14.0. The van der Waals surface area contributed by atoms with Gasteiger partial charge in [-0.15, -0.1) is 16.9 Å². The van der Waals surface area contributed by atoms with Crippen molar-refractivity contribution in [3.05, 3.63) is 87.9 Å². The van der Waals surface area contributed by atoms with Crippen molar-refractivity contribution in [1.82, 2.24) is 10.2 Å². The van der Waals surface area contributed by atoms with Gasteiger partial charge in [0.25, 0.3) is 0 Å². The molecule has 2 heterocycles. The number of hydrogen-bond donors (Lipinski definition) is 2. The summed E-state index contributed by atoms with van der Waals surface area (Å²) < 4.78 is 32.9. The highest BCUT2D eigenvalue weighted by Gasteiger charge is 2.35. The Balaban J connectivity index is 1.74. The molecule has 8 heteroatoms. The van der Waals surface area contributed by atoms with E-state index in [0.717, 1.165) is 22.7 Å². The topological polar surface area (TPSA) is 87.7 Å². The van der Waals surface area contributed by atoms with Crippen molar-refractivity contribution in [2.45, 2.75) is 23.5 Å². The number of aromatic amines is 1. The summed E-state index contributed by atoms with van der Waals surface area (Å²) in [5.74, 6) is -2.00. The number of thioether (sulfide) groups is 1. The van der Waals surface area contributed by atoms with Crippen LogP contribution in [0, 0.1) is 29.9 Å². The average molecular weight is 410 g/mol. The molecule has 5 nitrogen and oxygen atoms in total. The summed E-state index contributed by atoms with van der Waals surface area (Å²) in [6.07, 6.45) is 0. The standard InChI is InChI=1S/C21H16F2N4OS/c1-11-2-5-13(6-3-11)29-10-17-19-18(12-4-7-15(22)16(23)8-12)14(9-24)20(25)28-21(19)27-26-17/h2-8,18H,10,25H2,1H3,(H,26,27)/t18-/m0/s1. The van der Waals surface area contributed by atoms with E-state index in [2.05, 4.69) is 10.2 Å². The van der Waals surface area contributed by atoms with Gasteiger partial charge < -0.3 is 10.5 Å². The lowest BCUT2D eigenvalue weighted by molar-refractivity contribution is 0.378. The zero-order valence-corrected chi connectivity index (χ0v) is 16.2. The maximum absolute atomic E-state index is 13.9. The Morgan fingerprint density at radius 1 is 1.21 bits per heavy atom. The molecule has 0 saturated carbocycles. The van der Waals surface area contributed by atoms with E-state index < -0.39 is 17.6 Å². The second kappa shape index (κ2) is 7.60. The van der Waals surface area contributed by atoms with Crippen LogP contribution < -0.4 is 10.5 Å². The van der Waals surface area contributed by atoms with Crippen molar-refractivity contribution in [1.29, 1.82) is 5.26 Å². The Labute approximate surface area is 170 Å². The lowest BCUT2D eigenvalue weighted by Crippen LogP contribution is -2.21. The number of halogens is 2. The molecule has 0 bridgehead atoms. The van der Waals surface area contributed by atoms with Crippen LogP contribution in [0.1, 0.15) is 28.3 Å². The Morgan fingerprint density at radius 3 is 2.66 bits per heavy atom. The van der Waals surface area contributed by atoms with Crippen LogP contribution in [0.4, 0.5) is 8.78 Å². The number of allylic oxidation sites excluding steroid dienone is 1. The Kier molecular flexibility index (Phi) is 4.99. The van der Waals surface area contributed by atoms with Crippen molar-refractivity contribution < 1.29 is 13.5 Å². The first-order valence-corrected chi connectivity index (χ1v) is 9.75. The Hall–Kier alpha value is -3.31. The molecule has 1 aliphatic rings. The summed E-state index contributed by atoms with van der Waals surface area (Å²) in [6.45, 7) is 2.02. The number of aryl methyl sites for hydroxylation is 1. The maximum atomic E-state index is 13.9. The molecule has 0 aliphatic carbocycles. The van der Waals surface area contributed by atoms with E-state index in [9.17, 15) is 14.0 Å². The predicted octanol–water partition coefficient (Wildman–Crippen LogP) is 4.51. The molecule has 3 aromatic rings. The van der Waals surface area contributed by atoms with Gasteiger partial charge in [-0.05, 0) is 36.8 Å². The smallest absolute Gasteiger partial charge is 0.244 e. The summed E-state index contributed by atoms with van der Waals surface area (Å²) in [5, 5.41) is 16.7. The van der Waals surface area contributed by atoms with Gasteiger partial charge in [-0.3, -0.25) is 5.10 Å². The van der Waals surface area contributed by atoms with E-state index in [1.807, 2.05) is 37.3 Å². The molecule has 0 radical (unpaired) electrons. The normalized spacial score (nSPS) is 15.6. The minimum Gasteiger partial charge on any atom is -0.420 e. The third-order valence-electron chi connectivity index (χ3n) is 4.70. The zero-order chi connectivity index (χ0) is 20.5. The van der Waals surface area contributed by atoms with Crippen molar-refractivity contribution in [2.24, 2.45) is 5.73 Å². The first kappa shape index (κ1) is 19.0. The number of hydrogen-bond acceptors (Lipinski definition) is 5. The van der Waals surface area contributed by atoms with Gasteiger partial charge in [-0.2, -0.15) is 5.26 Å². The molecule has 29 heavy (non-hydrogen) atoms. The highest BCUT2D eigenvalue weighted by Crippen LogP contribution is 2.44. The molecule has 4 rings (SSSR count). The number of aromatic nitrogens is 2.